The fourth-order valence-corrected chi connectivity index (χ4v) is 2.46. The average molecular weight is 345 g/mol. The lowest BCUT2D eigenvalue weighted by molar-refractivity contribution is -0.140. The largest absolute Gasteiger partial charge is 0.484 e. The average Bonchev–Trinajstić information content (AvgIpc) is 2.53. The van der Waals surface area contributed by atoms with Crippen LogP contribution in [0.15, 0.2) is 24.3 Å². The number of carbonyl (C=O) groups is 2. The second kappa shape index (κ2) is 7.70. The molecule has 120 valence electrons. The first-order chi connectivity index (χ1) is 10.5. The van der Waals surface area contributed by atoms with Crippen LogP contribution in [0.1, 0.15) is 6.92 Å². The van der Waals surface area contributed by atoms with Gasteiger partial charge in [-0.3, -0.25) is 9.59 Å². The van der Waals surface area contributed by atoms with E-state index >= 15 is 0 Å². The van der Waals surface area contributed by atoms with E-state index in [1.54, 1.807) is 41.0 Å². The van der Waals surface area contributed by atoms with E-state index in [9.17, 15) is 9.59 Å². The highest BCUT2D eigenvalue weighted by Crippen LogP contribution is 2.15. The van der Waals surface area contributed by atoms with Crippen molar-refractivity contribution in [3.05, 3.63) is 29.3 Å². The first-order valence-corrected chi connectivity index (χ1v) is 7.88. The third-order valence-electron chi connectivity index (χ3n) is 3.46. The molecule has 0 saturated carbocycles. The van der Waals surface area contributed by atoms with Gasteiger partial charge >= 0.3 is 0 Å². The van der Waals surface area contributed by atoms with Crippen molar-refractivity contribution in [3.63, 3.8) is 0 Å². The quantitative estimate of drug-likeness (QED) is 0.785. The van der Waals surface area contributed by atoms with Crippen molar-refractivity contribution in [1.29, 1.82) is 0 Å². The molecule has 7 heteroatoms. The van der Waals surface area contributed by atoms with Crippen LogP contribution in [0.2, 0.25) is 5.02 Å². The number of hydrogen-bond donors (Lipinski definition) is 0. The molecule has 22 heavy (non-hydrogen) atoms. The molecule has 0 radical (unpaired) electrons. The normalized spacial score (nSPS) is 16.3. The van der Waals surface area contributed by atoms with Gasteiger partial charge < -0.3 is 14.5 Å². The van der Waals surface area contributed by atoms with E-state index in [0.29, 0.717) is 37.0 Å². The molecule has 2 amide bonds. The van der Waals surface area contributed by atoms with Crippen LogP contribution in [0.25, 0.3) is 0 Å². The van der Waals surface area contributed by atoms with E-state index in [1.807, 2.05) is 0 Å². The maximum Gasteiger partial charge on any atom is 0.260 e. The first-order valence-electron chi connectivity index (χ1n) is 7.06. The molecule has 1 aromatic rings. The zero-order chi connectivity index (χ0) is 16.1. The van der Waals surface area contributed by atoms with Crippen molar-refractivity contribution < 1.29 is 14.3 Å². The van der Waals surface area contributed by atoms with Crippen LogP contribution < -0.4 is 4.74 Å². The highest BCUT2D eigenvalue weighted by molar-refractivity contribution is 6.30. The van der Waals surface area contributed by atoms with Crippen LogP contribution in [-0.4, -0.2) is 59.8 Å². The molecule has 0 N–H and O–H groups in total. The van der Waals surface area contributed by atoms with Gasteiger partial charge in [-0.25, -0.2) is 0 Å². The van der Waals surface area contributed by atoms with Gasteiger partial charge in [-0.2, -0.15) is 0 Å². The highest BCUT2D eigenvalue weighted by Gasteiger charge is 2.26. The number of halogens is 2. The maximum atomic E-state index is 12.1. The highest BCUT2D eigenvalue weighted by atomic mass is 35.5. The number of amides is 2. The summed E-state index contributed by atoms with van der Waals surface area (Å²) < 4.78 is 5.44. The van der Waals surface area contributed by atoms with Gasteiger partial charge in [0, 0.05) is 31.2 Å². The Labute approximate surface area is 139 Å². The van der Waals surface area contributed by atoms with E-state index in [2.05, 4.69) is 0 Å². The summed E-state index contributed by atoms with van der Waals surface area (Å²) in [7, 11) is 0. The van der Waals surface area contributed by atoms with Crippen molar-refractivity contribution in [2.75, 3.05) is 32.8 Å². The Morgan fingerprint density at radius 1 is 1.14 bits per heavy atom. The Bertz CT molecular complexity index is 526. The summed E-state index contributed by atoms with van der Waals surface area (Å²) >= 11 is 11.6. The number of carbonyl (C=O) groups excluding carboxylic acids is 2. The fourth-order valence-electron chi connectivity index (χ4n) is 2.19. The summed E-state index contributed by atoms with van der Waals surface area (Å²) in [6.45, 7) is 3.63. The molecule has 0 aliphatic carbocycles. The number of alkyl halides is 1. The van der Waals surface area contributed by atoms with Crippen LogP contribution in [0.5, 0.6) is 5.75 Å². The van der Waals surface area contributed by atoms with Crippen LogP contribution in [0.4, 0.5) is 0 Å². The van der Waals surface area contributed by atoms with Crippen LogP contribution in [-0.2, 0) is 9.59 Å². The predicted molar refractivity (Wildman–Crippen MR) is 85.4 cm³/mol. The number of hydrogen-bond acceptors (Lipinski definition) is 3. The van der Waals surface area contributed by atoms with Gasteiger partial charge in [-0.05, 0) is 31.2 Å². The van der Waals surface area contributed by atoms with Gasteiger partial charge in [0.05, 0.1) is 0 Å². The Morgan fingerprint density at radius 2 is 1.68 bits per heavy atom. The number of nitrogens with zero attached hydrogens (tertiary/aromatic N) is 2. The van der Waals surface area contributed by atoms with Crippen LogP contribution >= 0.6 is 23.2 Å². The van der Waals surface area contributed by atoms with Crippen molar-refractivity contribution >= 4 is 35.0 Å². The Morgan fingerprint density at radius 3 is 2.23 bits per heavy atom. The number of rotatable bonds is 4. The van der Waals surface area contributed by atoms with Crippen molar-refractivity contribution in [1.82, 2.24) is 9.80 Å². The van der Waals surface area contributed by atoms with Crippen molar-refractivity contribution in [2.45, 2.75) is 12.3 Å². The van der Waals surface area contributed by atoms with Crippen LogP contribution in [0, 0.1) is 0 Å². The summed E-state index contributed by atoms with van der Waals surface area (Å²) in [4.78, 5) is 27.2. The van der Waals surface area contributed by atoms with Gasteiger partial charge in [0.25, 0.3) is 5.91 Å². The van der Waals surface area contributed by atoms with Gasteiger partial charge in [0.1, 0.15) is 11.1 Å². The molecule has 2 rings (SSSR count). The van der Waals surface area contributed by atoms with E-state index in [4.69, 9.17) is 27.9 Å². The summed E-state index contributed by atoms with van der Waals surface area (Å²) in [6, 6.07) is 6.85. The van der Waals surface area contributed by atoms with E-state index < -0.39 is 5.38 Å². The lowest BCUT2D eigenvalue weighted by atomic mass is 10.3. The first kappa shape index (κ1) is 16.9. The van der Waals surface area contributed by atoms with Gasteiger partial charge in [0.2, 0.25) is 5.91 Å². The summed E-state index contributed by atoms with van der Waals surface area (Å²) in [6.07, 6.45) is 0. The molecule has 5 nitrogen and oxygen atoms in total. The lowest BCUT2D eigenvalue weighted by Crippen LogP contribution is -2.52. The molecule has 0 bridgehead atoms. The van der Waals surface area contributed by atoms with E-state index in [0.717, 1.165) is 0 Å². The summed E-state index contributed by atoms with van der Waals surface area (Å²) in [5.74, 6) is 0.412. The lowest BCUT2D eigenvalue weighted by Gasteiger charge is -2.35. The Hall–Kier alpha value is -1.46. The van der Waals surface area contributed by atoms with E-state index in [-0.39, 0.29) is 18.4 Å². The zero-order valence-electron chi connectivity index (χ0n) is 12.3. The summed E-state index contributed by atoms with van der Waals surface area (Å²) in [5.41, 5.74) is 0. The monoisotopic (exact) mass is 344 g/mol. The molecule has 1 saturated heterocycles. The van der Waals surface area contributed by atoms with Gasteiger partial charge in [-0.15, -0.1) is 11.6 Å². The molecule has 0 aromatic heterocycles. The summed E-state index contributed by atoms with van der Waals surface area (Å²) in [5, 5.41) is 0.0866. The SMILES string of the molecule is CC(Cl)C(=O)N1CCN(C(=O)COc2ccc(Cl)cc2)CC1. The molecular weight excluding hydrogens is 327 g/mol. The van der Waals surface area contributed by atoms with Gasteiger partial charge in [0.15, 0.2) is 6.61 Å². The molecule has 1 heterocycles. The van der Waals surface area contributed by atoms with Crippen molar-refractivity contribution in [3.8, 4) is 5.75 Å². The fraction of sp³-hybridized carbons (Fsp3) is 0.467. The number of benzene rings is 1. The van der Waals surface area contributed by atoms with E-state index in [1.165, 1.54) is 0 Å². The molecule has 1 aromatic carbocycles. The molecular formula is C15H18Cl2N2O3. The second-order valence-corrected chi connectivity index (χ2v) is 6.16. The third kappa shape index (κ3) is 4.52. The standard InChI is InChI=1S/C15H18Cl2N2O3/c1-11(16)15(21)19-8-6-18(7-9-19)14(20)10-22-13-4-2-12(17)3-5-13/h2-5,11H,6-10H2,1H3. The number of piperazine rings is 1. The smallest absolute Gasteiger partial charge is 0.260 e. The molecule has 1 atom stereocenters. The van der Waals surface area contributed by atoms with Crippen molar-refractivity contribution in [2.24, 2.45) is 0 Å². The predicted octanol–water partition coefficient (Wildman–Crippen LogP) is 2.02. The maximum absolute atomic E-state index is 12.1. The molecule has 1 aliphatic rings. The number of ether oxygens (including phenoxy) is 1. The minimum Gasteiger partial charge on any atom is -0.484 e. The molecule has 0 spiro atoms. The molecule has 1 aliphatic heterocycles. The Balaban J connectivity index is 1.77. The topological polar surface area (TPSA) is 49.9 Å². The molecule has 1 unspecified atom stereocenters. The second-order valence-electron chi connectivity index (χ2n) is 5.06. The Kier molecular flexibility index (Phi) is 5.91. The zero-order valence-corrected chi connectivity index (χ0v) is 13.8. The minimum absolute atomic E-state index is 0.0263. The molecule has 1 fully saturated rings. The van der Waals surface area contributed by atoms with Gasteiger partial charge in [-0.1, -0.05) is 11.6 Å². The van der Waals surface area contributed by atoms with Crippen LogP contribution in [0.3, 0.4) is 0 Å². The minimum atomic E-state index is -0.532. The third-order valence-corrected chi connectivity index (χ3v) is 3.90.